The van der Waals surface area contributed by atoms with Gasteiger partial charge in [0.25, 0.3) is 0 Å². The lowest BCUT2D eigenvalue weighted by molar-refractivity contribution is 0.0646. The Balaban J connectivity index is 2.75. The molecule has 0 aromatic rings. The zero-order valence-corrected chi connectivity index (χ0v) is 8.84. The minimum Gasteiger partial charge on any atom is -0.396 e. The minimum absolute atomic E-state index is 0.0722. The second-order valence-corrected chi connectivity index (χ2v) is 4.56. The molecule has 0 saturated heterocycles. The van der Waals surface area contributed by atoms with Crippen molar-refractivity contribution in [3.63, 3.8) is 0 Å². The summed E-state index contributed by atoms with van der Waals surface area (Å²) in [7, 11) is 1.71. The molecule has 0 radical (unpaired) electrons. The standard InChI is InChI=1S/C10H21NO2/c1-8(2)10(7-13-3)4-9(10,5-11)6-12/h8,12H,4-7,11H2,1-3H3. The van der Waals surface area contributed by atoms with Gasteiger partial charge < -0.3 is 15.6 Å². The first-order valence-electron chi connectivity index (χ1n) is 4.88. The summed E-state index contributed by atoms with van der Waals surface area (Å²) >= 11 is 0. The summed E-state index contributed by atoms with van der Waals surface area (Å²) in [5.74, 6) is 0.517. The van der Waals surface area contributed by atoms with E-state index in [2.05, 4.69) is 13.8 Å². The Morgan fingerprint density at radius 2 is 2.15 bits per heavy atom. The minimum atomic E-state index is -0.0722. The highest BCUT2D eigenvalue weighted by Crippen LogP contribution is 2.67. The molecule has 2 atom stereocenters. The second-order valence-electron chi connectivity index (χ2n) is 4.56. The van der Waals surface area contributed by atoms with E-state index in [1.165, 1.54) is 0 Å². The van der Waals surface area contributed by atoms with E-state index in [9.17, 15) is 5.11 Å². The van der Waals surface area contributed by atoms with E-state index in [1.54, 1.807) is 7.11 Å². The van der Waals surface area contributed by atoms with Crippen LogP contribution in [0.15, 0.2) is 0 Å². The Labute approximate surface area is 80.3 Å². The number of ether oxygens (including phenoxy) is 1. The second kappa shape index (κ2) is 3.56. The predicted octanol–water partition coefficient (Wildman–Crippen LogP) is 0.616. The molecule has 13 heavy (non-hydrogen) atoms. The molecular formula is C10H21NO2. The molecule has 3 nitrogen and oxygen atoms in total. The number of aliphatic hydroxyl groups is 1. The van der Waals surface area contributed by atoms with Crippen LogP contribution in [0.2, 0.25) is 0 Å². The van der Waals surface area contributed by atoms with Crippen LogP contribution in [0.25, 0.3) is 0 Å². The molecule has 1 aliphatic carbocycles. The summed E-state index contributed by atoms with van der Waals surface area (Å²) in [5.41, 5.74) is 5.75. The van der Waals surface area contributed by atoms with Gasteiger partial charge in [-0.1, -0.05) is 13.8 Å². The third-order valence-corrected chi connectivity index (χ3v) is 3.79. The van der Waals surface area contributed by atoms with E-state index in [4.69, 9.17) is 10.5 Å². The monoisotopic (exact) mass is 187 g/mol. The van der Waals surface area contributed by atoms with Crippen LogP contribution in [0, 0.1) is 16.7 Å². The third-order valence-electron chi connectivity index (χ3n) is 3.79. The summed E-state index contributed by atoms with van der Waals surface area (Å²) < 4.78 is 5.22. The van der Waals surface area contributed by atoms with Crippen molar-refractivity contribution in [2.24, 2.45) is 22.5 Å². The predicted molar refractivity (Wildman–Crippen MR) is 52.3 cm³/mol. The maximum Gasteiger partial charge on any atom is 0.0528 e. The fourth-order valence-electron chi connectivity index (χ4n) is 2.56. The largest absolute Gasteiger partial charge is 0.396 e. The van der Waals surface area contributed by atoms with Gasteiger partial charge in [0.15, 0.2) is 0 Å². The Kier molecular flexibility index (Phi) is 3.00. The highest BCUT2D eigenvalue weighted by molar-refractivity contribution is 5.16. The number of nitrogens with two attached hydrogens (primary N) is 1. The van der Waals surface area contributed by atoms with Gasteiger partial charge >= 0.3 is 0 Å². The lowest BCUT2D eigenvalue weighted by Crippen LogP contribution is -2.32. The molecular weight excluding hydrogens is 166 g/mol. The van der Waals surface area contributed by atoms with Crippen LogP contribution in [0.1, 0.15) is 20.3 Å². The van der Waals surface area contributed by atoms with Crippen molar-refractivity contribution >= 4 is 0 Å². The van der Waals surface area contributed by atoms with Gasteiger partial charge in [-0.2, -0.15) is 0 Å². The van der Waals surface area contributed by atoms with Gasteiger partial charge in [-0.3, -0.25) is 0 Å². The van der Waals surface area contributed by atoms with Crippen molar-refractivity contribution in [1.29, 1.82) is 0 Å². The molecule has 1 rings (SSSR count). The third kappa shape index (κ3) is 1.39. The molecule has 78 valence electrons. The van der Waals surface area contributed by atoms with Crippen LogP contribution in [0.5, 0.6) is 0 Å². The van der Waals surface area contributed by atoms with Gasteiger partial charge in [0, 0.05) is 24.5 Å². The molecule has 1 fully saturated rings. The van der Waals surface area contributed by atoms with E-state index in [0.29, 0.717) is 19.1 Å². The zero-order valence-electron chi connectivity index (χ0n) is 8.84. The van der Waals surface area contributed by atoms with Gasteiger partial charge in [-0.05, 0) is 12.3 Å². The first-order valence-corrected chi connectivity index (χ1v) is 4.88. The topological polar surface area (TPSA) is 55.5 Å². The van der Waals surface area contributed by atoms with Crippen LogP contribution in [0.4, 0.5) is 0 Å². The van der Waals surface area contributed by atoms with Crippen molar-refractivity contribution in [3.8, 4) is 0 Å². The fraction of sp³-hybridized carbons (Fsp3) is 1.00. The van der Waals surface area contributed by atoms with Crippen LogP contribution in [0.3, 0.4) is 0 Å². The van der Waals surface area contributed by atoms with Crippen molar-refractivity contribution in [2.45, 2.75) is 20.3 Å². The van der Waals surface area contributed by atoms with Crippen LogP contribution in [-0.4, -0.2) is 32.0 Å². The zero-order chi connectivity index (χ0) is 10.1. The van der Waals surface area contributed by atoms with Crippen LogP contribution < -0.4 is 5.73 Å². The van der Waals surface area contributed by atoms with Gasteiger partial charge in [0.1, 0.15) is 0 Å². The quantitative estimate of drug-likeness (QED) is 0.663. The van der Waals surface area contributed by atoms with E-state index in [1.807, 2.05) is 0 Å². The van der Waals surface area contributed by atoms with E-state index in [0.717, 1.165) is 6.42 Å². The molecule has 0 aromatic carbocycles. The molecule has 0 aliphatic heterocycles. The summed E-state index contributed by atoms with van der Waals surface area (Å²) in [6, 6.07) is 0. The molecule has 0 aromatic heterocycles. The first-order chi connectivity index (χ1) is 6.08. The van der Waals surface area contributed by atoms with Crippen molar-refractivity contribution in [1.82, 2.24) is 0 Å². The lowest BCUT2D eigenvalue weighted by Gasteiger charge is -2.26. The Hall–Kier alpha value is -0.120. The molecule has 0 amide bonds. The lowest BCUT2D eigenvalue weighted by atomic mass is 9.84. The average molecular weight is 187 g/mol. The van der Waals surface area contributed by atoms with E-state index >= 15 is 0 Å². The molecule has 1 saturated carbocycles. The smallest absolute Gasteiger partial charge is 0.0528 e. The molecule has 3 heteroatoms. The van der Waals surface area contributed by atoms with Crippen LogP contribution >= 0.6 is 0 Å². The molecule has 2 unspecified atom stereocenters. The Morgan fingerprint density at radius 1 is 1.54 bits per heavy atom. The molecule has 3 N–H and O–H groups in total. The number of methoxy groups -OCH3 is 1. The molecule has 1 aliphatic rings. The number of hydrogen-bond donors (Lipinski definition) is 2. The van der Waals surface area contributed by atoms with Gasteiger partial charge in [0.05, 0.1) is 13.2 Å². The number of aliphatic hydroxyl groups excluding tert-OH is 1. The highest BCUT2D eigenvalue weighted by atomic mass is 16.5. The van der Waals surface area contributed by atoms with Crippen molar-refractivity contribution in [2.75, 3.05) is 26.9 Å². The van der Waals surface area contributed by atoms with E-state index in [-0.39, 0.29) is 17.4 Å². The Morgan fingerprint density at radius 3 is 2.38 bits per heavy atom. The maximum absolute atomic E-state index is 9.33. The summed E-state index contributed by atoms with van der Waals surface area (Å²) in [6.45, 7) is 5.80. The SMILES string of the molecule is COCC1(C(C)C)CC1(CN)CO. The average Bonchev–Trinajstić information content (AvgIpc) is 2.77. The van der Waals surface area contributed by atoms with Gasteiger partial charge in [-0.15, -0.1) is 0 Å². The van der Waals surface area contributed by atoms with Gasteiger partial charge in [0.2, 0.25) is 0 Å². The normalized spacial score (nSPS) is 38.3. The van der Waals surface area contributed by atoms with Crippen molar-refractivity contribution < 1.29 is 9.84 Å². The number of rotatable bonds is 5. The summed E-state index contributed by atoms with van der Waals surface area (Å²) in [6.07, 6.45) is 0.999. The van der Waals surface area contributed by atoms with Crippen molar-refractivity contribution in [3.05, 3.63) is 0 Å². The fourth-order valence-corrected chi connectivity index (χ4v) is 2.56. The van der Waals surface area contributed by atoms with Crippen LogP contribution in [-0.2, 0) is 4.74 Å². The molecule has 0 heterocycles. The Bertz CT molecular complexity index is 178. The summed E-state index contributed by atoms with van der Waals surface area (Å²) in [5, 5.41) is 9.33. The number of hydrogen-bond acceptors (Lipinski definition) is 3. The van der Waals surface area contributed by atoms with E-state index < -0.39 is 0 Å². The maximum atomic E-state index is 9.33. The molecule has 0 bridgehead atoms. The highest BCUT2D eigenvalue weighted by Gasteiger charge is 2.67. The van der Waals surface area contributed by atoms with Gasteiger partial charge in [-0.25, -0.2) is 0 Å². The summed E-state index contributed by atoms with van der Waals surface area (Å²) in [4.78, 5) is 0. The first kappa shape index (κ1) is 11.0. The molecule has 0 spiro atoms.